The van der Waals surface area contributed by atoms with Crippen LogP contribution in [0.1, 0.15) is 10.4 Å². The fourth-order valence-corrected chi connectivity index (χ4v) is 3.79. The molecule has 0 radical (unpaired) electrons. The standard InChI is InChI=1S/C25H17ClN4O2/c26-16-6-11-19-20(14-16)22-21(12-13-27-23(22)30-25(19)32)28-17-7-9-18(10-8-17)29-24(31)15-4-2-1-3-5-15/h1-14H,(H,29,31)(H2,27,28,30,32). The zero-order valence-corrected chi connectivity index (χ0v) is 17.5. The lowest BCUT2D eigenvalue weighted by atomic mass is 10.1. The fraction of sp³-hybridized carbons (Fsp3) is 0. The Hall–Kier alpha value is -4.16. The van der Waals surface area contributed by atoms with Crippen LogP contribution in [-0.2, 0) is 0 Å². The third-order valence-corrected chi connectivity index (χ3v) is 5.37. The molecule has 0 aliphatic carbocycles. The second kappa shape index (κ2) is 8.17. The molecular weight excluding hydrogens is 424 g/mol. The molecule has 2 heterocycles. The van der Waals surface area contributed by atoms with E-state index >= 15 is 0 Å². The number of nitrogens with one attached hydrogen (secondary N) is 3. The molecule has 0 atom stereocenters. The Balaban J connectivity index is 1.46. The van der Waals surface area contributed by atoms with Gasteiger partial charge in [-0.3, -0.25) is 9.59 Å². The van der Waals surface area contributed by atoms with E-state index in [9.17, 15) is 9.59 Å². The number of rotatable bonds is 4. The summed E-state index contributed by atoms with van der Waals surface area (Å²) in [7, 11) is 0. The summed E-state index contributed by atoms with van der Waals surface area (Å²) in [6, 6.07) is 23.4. The Labute approximate surface area is 187 Å². The molecule has 0 fully saturated rings. The number of carbonyl (C=O) groups excluding carboxylic acids is 1. The number of hydrogen-bond donors (Lipinski definition) is 3. The highest BCUT2D eigenvalue weighted by Crippen LogP contribution is 2.31. The number of amides is 1. The molecule has 7 heteroatoms. The van der Waals surface area contributed by atoms with Gasteiger partial charge in [0, 0.05) is 44.3 Å². The molecule has 1 amide bonds. The van der Waals surface area contributed by atoms with E-state index in [1.54, 1.807) is 36.5 Å². The number of benzene rings is 3. The van der Waals surface area contributed by atoms with Crippen molar-refractivity contribution in [1.82, 2.24) is 9.97 Å². The molecule has 0 unspecified atom stereocenters. The lowest BCUT2D eigenvalue weighted by Gasteiger charge is -2.12. The lowest BCUT2D eigenvalue weighted by molar-refractivity contribution is 0.102. The van der Waals surface area contributed by atoms with E-state index in [4.69, 9.17) is 11.6 Å². The predicted molar refractivity (Wildman–Crippen MR) is 129 cm³/mol. The highest BCUT2D eigenvalue weighted by Gasteiger charge is 2.11. The van der Waals surface area contributed by atoms with Crippen molar-refractivity contribution in [3.8, 4) is 0 Å². The van der Waals surface area contributed by atoms with Gasteiger partial charge in [-0.2, -0.15) is 0 Å². The van der Waals surface area contributed by atoms with Crippen LogP contribution in [0.4, 0.5) is 17.1 Å². The van der Waals surface area contributed by atoms with Crippen LogP contribution in [0.25, 0.3) is 21.8 Å². The zero-order valence-electron chi connectivity index (χ0n) is 16.7. The first-order valence-corrected chi connectivity index (χ1v) is 10.3. The van der Waals surface area contributed by atoms with Crippen LogP contribution >= 0.6 is 11.6 Å². The van der Waals surface area contributed by atoms with Crippen LogP contribution in [0.3, 0.4) is 0 Å². The molecule has 0 saturated heterocycles. The van der Waals surface area contributed by atoms with Gasteiger partial charge in [0.05, 0.1) is 5.69 Å². The molecule has 5 rings (SSSR count). The van der Waals surface area contributed by atoms with E-state index in [0.29, 0.717) is 27.3 Å². The van der Waals surface area contributed by atoms with Gasteiger partial charge in [0.2, 0.25) is 0 Å². The topological polar surface area (TPSA) is 86.9 Å². The van der Waals surface area contributed by atoms with Crippen molar-refractivity contribution in [2.75, 3.05) is 10.6 Å². The Bertz CT molecular complexity index is 1510. The predicted octanol–water partition coefficient (Wildman–Crippen LogP) is 5.73. The maximum atomic E-state index is 12.4. The van der Waals surface area contributed by atoms with Crippen LogP contribution in [0.2, 0.25) is 5.02 Å². The zero-order chi connectivity index (χ0) is 22.1. The Morgan fingerprint density at radius 3 is 2.41 bits per heavy atom. The highest BCUT2D eigenvalue weighted by molar-refractivity contribution is 6.32. The van der Waals surface area contributed by atoms with E-state index < -0.39 is 0 Å². The molecule has 0 bridgehead atoms. The molecule has 6 nitrogen and oxygen atoms in total. The van der Waals surface area contributed by atoms with Crippen molar-refractivity contribution in [3.05, 3.63) is 106 Å². The molecule has 0 aliphatic rings. The first-order chi connectivity index (χ1) is 15.6. The van der Waals surface area contributed by atoms with Crippen LogP contribution in [-0.4, -0.2) is 15.9 Å². The number of pyridine rings is 2. The number of nitrogens with zero attached hydrogens (tertiary/aromatic N) is 1. The van der Waals surface area contributed by atoms with E-state index in [2.05, 4.69) is 20.6 Å². The third-order valence-electron chi connectivity index (χ3n) is 5.14. The average molecular weight is 441 g/mol. The van der Waals surface area contributed by atoms with E-state index in [-0.39, 0.29) is 11.5 Å². The smallest absolute Gasteiger partial charge is 0.257 e. The summed E-state index contributed by atoms with van der Waals surface area (Å²) in [4.78, 5) is 31.9. The van der Waals surface area contributed by atoms with Gasteiger partial charge in [-0.25, -0.2) is 4.98 Å². The first kappa shape index (κ1) is 19.8. The summed E-state index contributed by atoms with van der Waals surface area (Å²) in [5, 5.41) is 8.83. The van der Waals surface area contributed by atoms with Crippen molar-refractivity contribution >= 4 is 56.4 Å². The number of fused-ring (bicyclic) bond motifs is 3. The first-order valence-electron chi connectivity index (χ1n) is 9.92. The second-order valence-electron chi connectivity index (χ2n) is 7.25. The molecule has 156 valence electrons. The van der Waals surface area contributed by atoms with E-state index in [1.807, 2.05) is 48.5 Å². The summed E-state index contributed by atoms with van der Waals surface area (Å²) in [6.07, 6.45) is 1.63. The number of aromatic amines is 1. The number of anilines is 3. The summed E-state index contributed by atoms with van der Waals surface area (Å²) in [6.45, 7) is 0. The largest absolute Gasteiger partial charge is 0.355 e. The molecule has 0 spiro atoms. The lowest BCUT2D eigenvalue weighted by Crippen LogP contribution is -2.11. The van der Waals surface area contributed by atoms with Gasteiger partial charge in [0.15, 0.2) is 0 Å². The molecule has 0 saturated carbocycles. The quantitative estimate of drug-likeness (QED) is 0.312. The van der Waals surface area contributed by atoms with Gasteiger partial charge in [0.1, 0.15) is 5.65 Å². The SMILES string of the molecule is O=C(Nc1ccc(Nc2ccnc3[nH]c(=O)c4ccc(Cl)cc4c23)cc1)c1ccccc1. The maximum Gasteiger partial charge on any atom is 0.257 e. The van der Waals surface area contributed by atoms with Crippen LogP contribution in [0.5, 0.6) is 0 Å². The summed E-state index contributed by atoms with van der Waals surface area (Å²) in [5.74, 6) is -0.168. The molecule has 3 aromatic carbocycles. The van der Waals surface area contributed by atoms with Gasteiger partial charge in [-0.15, -0.1) is 0 Å². The maximum absolute atomic E-state index is 12.4. The normalized spacial score (nSPS) is 10.9. The minimum Gasteiger partial charge on any atom is -0.355 e. The number of halogens is 1. The van der Waals surface area contributed by atoms with Crippen molar-refractivity contribution in [2.24, 2.45) is 0 Å². The van der Waals surface area contributed by atoms with Crippen molar-refractivity contribution < 1.29 is 4.79 Å². The minimum absolute atomic E-state index is 0.168. The van der Waals surface area contributed by atoms with Crippen molar-refractivity contribution in [2.45, 2.75) is 0 Å². The molecule has 0 aliphatic heterocycles. The van der Waals surface area contributed by atoms with Crippen molar-refractivity contribution in [3.63, 3.8) is 0 Å². The van der Waals surface area contributed by atoms with Crippen LogP contribution in [0.15, 0.2) is 89.9 Å². The summed E-state index contributed by atoms with van der Waals surface area (Å²) < 4.78 is 0. The third kappa shape index (κ3) is 3.79. The average Bonchev–Trinajstić information content (AvgIpc) is 2.81. The van der Waals surface area contributed by atoms with Gasteiger partial charge < -0.3 is 15.6 Å². The Morgan fingerprint density at radius 2 is 1.62 bits per heavy atom. The van der Waals surface area contributed by atoms with Gasteiger partial charge >= 0.3 is 0 Å². The van der Waals surface area contributed by atoms with Crippen LogP contribution in [0, 0.1) is 0 Å². The van der Waals surface area contributed by atoms with Gasteiger partial charge in [0.25, 0.3) is 11.5 Å². The number of hydrogen-bond acceptors (Lipinski definition) is 4. The fourth-order valence-electron chi connectivity index (χ4n) is 3.61. The van der Waals surface area contributed by atoms with Crippen LogP contribution < -0.4 is 16.2 Å². The summed E-state index contributed by atoms with van der Waals surface area (Å²) in [5.41, 5.74) is 3.13. The summed E-state index contributed by atoms with van der Waals surface area (Å²) >= 11 is 6.20. The van der Waals surface area contributed by atoms with Gasteiger partial charge in [-0.05, 0) is 60.7 Å². The Kier molecular flexibility index (Phi) is 5.05. The van der Waals surface area contributed by atoms with Gasteiger partial charge in [-0.1, -0.05) is 29.8 Å². The number of H-pyrrole nitrogens is 1. The van der Waals surface area contributed by atoms with Crippen molar-refractivity contribution in [1.29, 1.82) is 0 Å². The molecule has 2 aromatic heterocycles. The molecular formula is C25H17ClN4O2. The molecule has 3 N–H and O–H groups in total. The Morgan fingerprint density at radius 1 is 0.875 bits per heavy atom. The minimum atomic E-state index is -0.215. The van der Waals surface area contributed by atoms with E-state index in [0.717, 1.165) is 22.1 Å². The number of aromatic nitrogens is 2. The molecule has 32 heavy (non-hydrogen) atoms. The van der Waals surface area contributed by atoms with E-state index in [1.165, 1.54) is 0 Å². The monoisotopic (exact) mass is 440 g/mol. The molecule has 5 aromatic rings. The number of carbonyl (C=O) groups is 1. The second-order valence-corrected chi connectivity index (χ2v) is 7.69. The highest BCUT2D eigenvalue weighted by atomic mass is 35.5.